The highest BCUT2D eigenvalue weighted by molar-refractivity contribution is 5.78. The molecule has 0 spiro atoms. The third kappa shape index (κ3) is 5.17. The highest BCUT2D eigenvalue weighted by atomic mass is 19.1. The lowest BCUT2D eigenvalue weighted by Crippen LogP contribution is -2.55. The van der Waals surface area contributed by atoms with Gasteiger partial charge in [-0.1, -0.05) is 0 Å². The molecule has 162 valence electrons. The smallest absolute Gasteiger partial charge is 0.248 e. The molecular weight excluding hydrogens is 387 g/mol. The summed E-state index contributed by atoms with van der Waals surface area (Å²) in [5.74, 6) is 0.359. The van der Waals surface area contributed by atoms with Crippen molar-refractivity contribution in [2.45, 2.75) is 45.0 Å². The number of benzene rings is 1. The molecule has 0 bridgehead atoms. The number of morpholine rings is 1. The summed E-state index contributed by atoms with van der Waals surface area (Å²) >= 11 is 0. The van der Waals surface area contributed by atoms with Crippen molar-refractivity contribution in [2.24, 2.45) is 0 Å². The van der Waals surface area contributed by atoms with Gasteiger partial charge in [0.15, 0.2) is 0 Å². The van der Waals surface area contributed by atoms with Crippen molar-refractivity contribution < 1.29 is 18.7 Å². The van der Waals surface area contributed by atoms with Crippen LogP contribution in [0.2, 0.25) is 0 Å². The van der Waals surface area contributed by atoms with Crippen LogP contribution in [0.4, 0.5) is 4.39 Å². The van der Waals surface area contributed by atoms with Crippen LogP contribution in [-0.2, 0) is 22.6 Å². The summed E-state index contributed by atoms with van der Waals surface area (Å²) in [6, 6.07) is 6.17. The van der Waals surface area contributed by atoms with Crippen LogP contribution in [0.3, 0.4) is 0 Å². The molecule has 1 aromatic carbocycles. The van der Waals surface area contributed by atoms with Crippen molar-refractivity contribution in [1.82, 2.24) is 19.6 Å². The van der Waals surface area contributed by atoms with E-state index in [2.05, 4.69) is 23.1 Å². The van der Waals surface area contributed by atoms with Crippen molar-refractivity contribution in [1.29, 1.82) is 0 Å². The van der Waals surface area contributed by atoms with E-state index >= 15 is 0 Å². The van der Waals surface area contributed by atoms with Gasteiger partial charge in [0.25, 0.3) is 0 Å². The SMILES string of the molecule is CCn1cc(CN2CCC(N3CC(COc4ccc(F)cc4)OCC3=O)CC2)cn1. The second-order valence-electron chi connectivity index (χ2n) is 7.96. The molecule has 1 atom stereocenters. The van der Waals surface area contributed by atoms with Gasteiger partial charge in [0.05, 0.1) is 12.7 Å². The Kier molecular flexibility index (Phi) is 6.64. The maximum absolute atomic E-state index is 13.0. The number of ether oxygens (including phenoxy) is 2. The molecule has 4 rings (SSSR count). The summed E-state index contributed by atoms with van der Waals surface area (Å²) < 4.78 is 26.3. The average molecular weight is 416 g/mol. The van der Waals surface area contributed by atoms with E-state index in [1.165, 1.54) is 17.7 Å². The van der Waals surface area contributed by atoms with Gasteiger partial charge in [-0.15, -0.1) is 0 Å². The van der Waals surface area contributed by atoms with E-state index in [9.17, 15) is 9.18 Å². The molecule has 2 fully saturated rings. The monoisotopic (exact) mass is 416 g/mol. The Morgan fingerprint density at radius 1 is 1.23 bits per heavy atom. The summed E-state index contributed by atoms with van der Waals surface area (Å²) in [5.41, 5.74) is 1.23. The lowest BCUT2D eigenvalue weighted by molar-refractivity contribution is -0.155. The zero-order chi connectivity index (χ0) is 20.9. The standard InChI is InChI=1S/C22H29FN4O3/c1-2-26-13-17(11-24-26)12-25-9-7-19(8-10-25)27-14-21(30-16-22(27)28)15-29-20-5-3-18(23)4-6-20/h3-6,11,13,19,21H,2,7-10,12,14-16H2,1H3. The van der Waals surface area contributed by atoms with Gasteiger partial charge in [-0.05, 0) is 44.0 Å². The molecule has 1 unspecified atom stereocenters. The third-order valence-corrected chi connectivity index (χ3v) is 5.83. The van der Waals surface area contributed by atoms with Crippen molar-refractivity contribution in [3.05, 3.63) is 48.0 Å². The van der Waals surface area contributed by atoms with Crippen LogP contribution in [0.15, 0.2) is 36.7 Å². The zero-order valence-electron chi connectivity index (χ0n) is 17.4. The number of rotatable bonds is 7. The van der Waals surface area contributed by atoms with Crippen LogP contribution in [0, 0.1) is 5.82 Å². The largest absolute Gasteiger partial charge is 0.491 e. The molecule has 30 heavy (non-hydrogen) atoms. The van der Waals surface area contributed by atoms with Crippen LogP contribution >= 0.6 is 0 Å². The van der Waals surface area contributed by atoms with Gasteiger partial charge in [0.2, 0.25) is 5.91 Å². The Morgan fingerprint density at radius 3 is 2.70 bits per heavy atom. The second kappa shape index (κ2) is 9.57. The minimum atomic E-state index is -0.293. The van der Waals surface area contributed by atoms with Crippen molar-refractivity contribution in [3.63, 3.8) is 0 Å². The number of carbonyl (C=O) groups excluding carboxylic acids is 1. The zero-order valence-corrected chi connectivity index (χ0v) is 17.4. The first-order chi connectivity index (χ1) is 14.6. The summed E-state index contributed by atoms with van der Waals surface area (Å²) in [6.45, 7) is 6.76. The number of likely N-dealkylation sites (tertiary alicyclic amines) is 1. The summed E-state index contributed by atoms with van der Waals surface area (Å²) in [4.78, 5) is 16.8. The highest BCUT2D eigenvalue weighted by Crippen LogP contribution is 2.22. The van der Waals surface area contributed by atoms with Crippen LogP contribution < -0.4 is 4.74 Å². The maximum atomic E-state index is 13.0. The Labute approximate surface area is 176 Å². The number of aromatic nitrogens is 2. The molecule has 2 saturated heterocycles. The average Bonchev–Trinajstić information content (AvgIpc) is 3.22. The van der Waals surface area contributed by atoms with Gasteiger partial charge < -0.3 is 14.4 Å². The van der Waals surface area contributed by atoms with Gasteiger partial charge in [0.1, 0.15) is 30.9 Å². The van der Waals surface area contributed by atoms with Crippen LogP contribution in [-0.4, -0.2) is 70.5 Å². The fourth-order valence-electron chi connectivity index (χ4n) is 4.13. The first-order valence-corrected chi connectivity index (χ1v) is 10.6. The Balaban J connectivity index is 1.25. The molecule has 0 radical (unpaired) electrons. The summed E-state index contributed by atoms with van der Waals surface area (Å²) in [6.07, 6.45) is 5.78. The number of nitrogens with zero attached hydrogens (tertiary/aromatic N) is 4. The third-order valence-electron chi connectivity index (χ3n) is 5.83. The molecule has 2 aliphatic rings. The van der Waals surface area contributed by atoms with E-state index in [4.69, 9.17) is 9.47 Å². The van der Waals surface area contributed by atoms with Crippen molar-refractivity contribution >= 4 is 5.91 Å². The van der Waals surface area contributed by atoms with E-state index in [1.54, 1.807) is 12.1 Å². The van der Waals surface area contributed by atoms with E-state index in [-0.39, 0.29) is 30.5 Å². The molecule has 2 aromatic rings. The van der Waals surface area contributed by atoms with Crippen LogP contribution in [0.5, 0.6) is 5.75 Å². The summed E-state index contributed by atoms with van der Waals surface area (Å²) in [7, 11) is 0. The van der Waals surface area contributed by atoms with E-state index < -0.39 is 0 Å². The highest BCUT2D eigenvalue weighted by Gasteiger charge is 2.33. The number of aryl methyl sites for hydroxylation is 1. The molecule has 2 aliphatic heterocycles. The van der Waals surface area contributed by atoms with Gasteiger partial charge >= 0.3 is 0 Å². The first kappa shape index (κ1) is 20.8. The van der Waals surface area contributed by atoms with Crippen LogP contribution in [0.25, 0.3) is 0 Å². The molecule has 0 saturated carbocycles. The topological polar surface area (TPSA) is 59.8 Å². The number of halogens is 1. The molecular formula is C22H29FN4O3. The normalized spacial score (nSPS) is 21.2. The Bertz CT molecular complexity index is 833. The number of amides is 1. The fourth-order valence-corrected chi connectivity index (χ4v) is 4.13. The van der Waals surface area contributed by atoms with Crippen molar-refractivity contribution in [2.75, 3.05) is 32.8 Å². The molecule has 1 amide bonds. The molecule has 0 aliphatic carbocycles. The second-order valence-corrected chi connectivity index (χ2v) is 7.96. The number of piperidine rings is 1. The van der Waals surface area contributed by atoms with E-state index in [0.29, 0.717) is 18.9 Å². The maximum Gasteiger partial charge on any atom is 0.248 e. The minimum absolute atomic E-state index is 0.0516. The van der Waals surface area contributed by atoms with Crippen molar-refractivity contribution in [3.8, 4) is 5.75 Å². The minimum Gasteiger partial charge on any atom is -0.491 e. The molecule has 8 heteroatoms. The lowest BCUT2D eigenvalue weighted by Gasteiger charge is -2.42. The Hall–Kier alpha value is -2.45. The van der Waals surface area contributed by atoms with E-state index in [0.717, 1.165) is 39.0 Å². The molecule has 7 nitrogen and oxygen atoms in total. The Morgan fingerprint density at radius 2 is 2.00 bits per heavy atom. The number of hydrogen-bond donors (Lipinski definition) is 0. The first-order valence-electron chi connectivity index (χ1n) is 10.6. The number of hydrogen-bond acceptors (Lipinski definition) is 5. The molecule has 3 heterocycles. The molecule has 0 N–H and O–H groups in total. The van der Waals surface area contributed by atoms with Gasteiger partial charge in [0, 0.05) is 44.0 Å². The quantitative estimate of drug-likeness (QED) is 0.693. The van der Waals surface area contributed by atoms with Crippen LogP contribution in [0.1, 0.15) is 25.3 Å². The summed E-state index contributed by atoms with van der Waals surface area (Å²) in [5, 5.41) is 4.34. The van der Waals surface area contributed by atoms with Gasteiger partial charge in [-0.2, -0.15) is 5.10 Å². The van der Waals surface area contributed by atoms with Gasteiger partial charge in [-0.3, -0.25) is 14.4 Å². The lowest BCUT2D eigenvalue weighted by atomic mass is 10.0. The predicted molar refractivity (Wildman–Crippen MR) is 110 cm³/mol. The van der Waals surface area contributed by atoms with Gasteiger partial charge in [-0.25, -0.2) is 4.39 Å². The predicted octanol–water partition coefficient (Wildman–Crippen LogP) is 2.31. The van der Waals surface area contributed by atoms with E-state index in [1.807, 2.05) is 15.8 Å². The molecule has 1 aromatic heterocycles. The number of carbonyl (C=O) groups is 1. The fraction of sp³-hybridized carbons (Fsp3) is 0.545.